The van der Waals surface area contributed by atoms with Crippen molar-refractivity contribution in [1.29, 1.82) is 0 Å². The number of hydrazine groups is 3. The Kier molecular flexibility index (Phi) is 3.61. The molecule has 1 atom stereocenters. The molecule has 15 heavy (non-hydrogen) atoms. The first-order chi connectivity index (χ1) is 7.29. The number of hydrogen-bond donors (Lipinski definition) is 2. The van der Waals surface area contributed by atoms with Crippen molar-refractivity contribution in [3.05, 3.63) is 11.8 Å². The molecule has 0 bridgehead atoms. The second-order valence-corrected chi connectivity index (χ2v) is 4.45. The van der Waals surface area contributed by atoms with Crippen molar-refractivity contribution in [2.45, 2.75) is 51.6 Å². The second kappa shape index (κ2) is 4.96. The quantitative estimate of drug-likeness (QED) is 0.690. The molecule has 0 saturated carbocycles. The van der Waals surface area contributed by atoms with Gasteiger partial charge in [0, 0.05) is 12.7 Å². The Hall–Kier alpha value is -0.580. The lowest BCUT2D eigenvalue weighted by atomic mass is 10.0. The van der Waals surface area contributed by atoms with Gasteiger partial charge in [-0.2, -0.15) is 5.53 Å². The van der Waals surface area contributed by atoms with Gasteiger partial charge in [0.15, 0.2) is 0 Å². The Morgan fingerprint density at radius 2 is 2.07 bits per heavy atom. The third-order valence-corrected chi connectivity index (χ3v) is 3.19. The average Bonchev–Trinajstić information content (AvgIpc) is 2.48. The van der Waals surface area contributed by atoms with Crippen LogP contribution in [0.15, 0.2) is 11.8 Å². The van der Waals surface area contributed by atoms with Gasteiger partial charge in [0.2, 0.25) is 0 Å². The molecule has 0 aromatic carbocycles. The Labute approximate surface area is 92.2 Å². The molecule has 0 aromatic heterocycles. The summed E-state index contributed by atoms with van der Waals surface area (Å²) in [5.74, 6) is 0. The van der Waals surface area contributed by atoms with E-state index in [0.29, 0.717) is 6.17 Å². The van der Waals surface area contributed by atoms with Crippen molar-refractivity contribution < 1.29 is 0 Å². The fourth-order valence-corrected chi connectivity index (χ4v) is 2.39. The zero-order valence-electron chi connectivity index (χ0n) is 9.79. The van der Waals surface area contributed by atoms with Crippen LogP contribution in [-0.4, -0.2) is 23.3 Å². The molecule has 2 N–H and O–H groups in total. The van der Waals surface area contributed by atoms with Crippen molar-refractivity contribution in [3.8, 4) is 0 Å². The fourth-order valence-electron chi connectivity index (χ4n) is 2.39. The van der Waals surface area contributed by atoms with Gasteiger partial charge in [0.25, 0.3) is 0 Å². The molecule has 1 fully saturated rings. The molecule has 1 heterocycles. The largest absolute Gasteiger partial charge is 0.278 e. The predicted molar refractivity (Wildman–Crippen MR) is 61.1 cm³/mol. The van der Waals surface area contributed by atoms with Crippen LogP contribution < -0.4 is 11.0 Å². The van der Waals surface area contributed by atoms with Crippen molar-refractivity contribution in [3.63, 3.8) is 0 Å². The van der Waals surface area contributed by atoms with Crippen LogP contribution in [0, 0.1) is 0 Å². The van der Waals surface area contributed by atoms with Crippen LogP contribution in [0.5, 0.6) is 0 Å². The maximum Gasteiger partial charge on any atom is 0.107 e. The zero-order valence-corrected chi connectivity index (χ0v) is 9.79. The van der Waals surface area contributed by atoms with Crippen molar-refractivity contribution in [2.24, 2.45) is 0 Å². The standard InChI is InChI=1S/C11H22N4/c1-10-12-13-14(2)15(10)11-8-6-4-3-5-7-9-11/h8,10,12-13H,3-7,9H2,1-2H3/b11-8+. The van der Waals surface area contributed by atoms with Crippen LogP contribution in [0.2, 0.25) is 0 Å². The van der Waals surface area contributed by atoms with Crippen LogP contribution in [0.4, 0.5) is 0 Å². The third-order valence-electron chi connectivity index (χ3n) is 3.19. The normalized spacial score (nSPS) is 33.3. The number of allylic oxidation sites excluding steroid dienone is 2. The number of nitrogens with one attached hydrogen (secondary N) is 2. The molecule has 0 spiro atoms. The lowest BCUT2D eigenvalue weighted by molar-refractivity contribution is 0.0273. The summed E-state index contributed by atoms with van der Waals surface area (Å²) in [6.45, 7) is 2.18. The van der Waals surface area contributed by atoms with Gasteiger partial charge in [-0.1, -0.05) is 18.9 Å². The fraction of sp³-hybridized carbons (Fsp3) is 0.818. The summed E-state index contributed by atoms with van der Waals surface area (Å²) in [6, 6.07) is 0. The van der Waals surface area contributed by atoms with Crippen LogP contribution in [-0.2, 0) is 0 Å². The minimum atomic E-state index is 0.348. The Morgan fingerprint density at radius 1 is 1.27 bits per heavy atom. The first-order valence-corrected chi connectivity index (χ1v) is 6.02. The second-order valence-electron chi connectivity index (χ2n) is 4.45. The summed E-state index contributed by atoms with van der Waals surface area (Å²) in [4.78, 5) is 0. The molecule has 2 rings (SSSR count). The predicted octanol–water partition coefficient (Wildman–Crippen LogP) is 1.74. The van der Waals surface area contributed by atoms with Crippen LogP contribution in [0.25, 0.3) is 0 Å². The zero-order chi connectivity index (χ0) is 10.7. The first-order valence-electron chi connectivity index (χ1n) is 6.02. The summed E-state index contributed by atoms with van der Waals surface area (Å²) in [7, 11) is 2.05. The Bertz CT molecular complexity index is 229. The van der Waals surface area contributed by atoms with Crippen molar-refractivity contribution in [1.82, 2.24) is 21.1 Å². The SMILES string of the molecule is CC1NNN(C)N1/C1=C/CCCCCC1. The van der Waals surface area contributed by atoms with E-state index in [0.717, 1.165) is 0 Å². The van der Waals surface area contributed by atoms with Gasteiger partial charge in [-0.25, -0.2) is 5.43 Å². The Morgan fingerprint density at radius 3 is 2.80 bits per heavy atom. The molecule has 1 saturated heterocycles. The summed E-state index contributed by atoms with van der Waals surface area (Å²) in [6.07, 6.45) is 10.6. The van der Waals surface area contributed by atoms with Gasteiger partial charge in [-0.05, 0) is 32.6 Å². The van der Waals surface area contributed by atoms with Gasteiger partial charge >= 0.3 is 0 Å². The maximum absolute atomic E-state index is 3.21. The van der Waals surface area contributed by atoms with Crippen LogP contribution in [0.1, 0.15) is 45.4 Å². The summed E-state index contributed by atoms with van der Waals surface area (Å²) in [5, 5.41) is 4.35. The highest BCUT2D eigenvalue weighted by Crippen LogP contribution is 2.23. The molecule has 4 nitrogen and oxygen atoms in total. The van der Waals surface area contributed by atoms with E-state index in [9.17, 15) is 0 Å². The number of hydrogen-bond acceptors (Lipinski definition) is 4. The molecule has 4 heteroatoms. The van der Waals surface area contributed by atoms with Crippen LogP contribution in [0.3, 0.4) is 0 Å². The van der Waals surface area contributed by atoms with Gasteiger partial charge in [0.1, 0.15) is 6.17 Å². The number of nitrogens with zero attached hydrogens (tertiary/aromatic N) is 2. The van der Waals surface area contributed by atoms with E-state index in [2.05, 4.69) is 36.0 Å². The van der Waals surface area contributed by atoms with E-state index in [4.69, 9.17) is 0 Å². The number of rotatable bonds is 1. The van der Waals surface area contributed by atoms with Gasteiger partial charge in [-0.3, -0.25) is 5.01 Å². The molecule has 0 radical (unpaired) electrons. The third kappa shape index (κ3) is 2.51. The highest BCUT2D eigenvalue weighted by atomic mass is 16.0. The average molecular weight is 210 g/mol. The van der Waals surface area contributed by atoms with Gasteiger partial charge < -0.3 is 0 Å². The highest BCUT2D eigenvalue weighted by molar-refractivity contribution is 5.03. The lowest BCUT2D eigenvalue weighted by Crippen LogP contribution is -2.40. The molecule has 1 aliphatic heterocycles. The Balaban J connectivity index is 2.05. The summed E-state index contributed by atoms with van der Waals surface area (Å²) in [5.41, 5.74) is 7.80. The van der Waals surface area contributed by atoms with E-state index in [1.807, 2.05) is 5.12 Å². The molecule has 0 amide bonds. The maximum atomic E-state index is 3.21. The molecular weight excluding hydrogens is 188 g/mol. The molecule has 1 aliphatic carbocycles. The van der Waals surface area contributed by atoms with E-state index < -0.39 is 0 Å². The minimum Gasteiger partial charge on any atom is -0.278 e. The molecule has 86 valence electrons. The van der Waals surface area contributed by atoms with Crippen molar-refractivity contribution >= 4 is 0 Å². The van der Waals surface area contributed by atoms with E-state index in [-0.39, 0.29) is 0 Å². The van der Waals surface area contributed by atoms with Crippen molar-refractivity contribution in [2.75, 3.05) is 7.05 Å². The monoisotopic (exact) mass is 210 g/mol. The van der Waals surface area contributed by atoms with E-state index in [1.54, 1.807) is 0 Å². The lowest BCUT2D eigenvalue weighted by Gasteiger charge is -2.30. The first kappa shape index (κ1) is 10.9. The minimum absolute atomic E-state index is 0.348. The summed E-state index contributed by atoms with van der Waals surface area (Å²) >= 11 is 0. The topological polar surface area (TPSA) is 30.5 Å². The highest BCUT2D eigenvalue weighted by Gasteiger charge is 2.26. The smallest absolute Gasteiger partial charge is 0.107 e. The van der Waals surface area contributed by atoms with Crippen LogP contribution >= 0.6 is 0 Å². The van der Waals surface area contributed by atoms with Gasteiger partial charge in [-0.15, -0.1) is 5.12 Å². The molecule has 1 unspecified atom stereocenters. The molecule has 0 aromatic rings. The van der Waals surface area contributed by atoms with Gasteiger partial charge in [0.05, 0.1) is 0 Å². The molecule has 2 aliphatic rings. The summed E-state index contributed by atoms with van der Waals surface area (Å²) < 4.78 is 0. The van der Waals surface area contributed by atoms with E-state index in [1.165, 1.54) is 44.2 Å². The van der Waals surface area contributed by atoms with E-state index >= 15 is 0 Å². The molecular formula is C11H22N4.